The Kier molecular flexibility index (Phi) is 6.91. The average molecular weight is 424 g/mol. The van der Waals surface area contributed by atoms with E-state index in [-0.39, 0.29) is 24.7 Å². The Bertz CT molecular complexity index is 776. The van der Waals surface area contributed by atoms with Crippen LogP contribution < -0.4 is 10.1 Å². The van der Waals surface area contributed by atoms with E-state index < -0.39 is 22.6 Å². The highest BCUT2D eigenvalue weighted by Gasteiger charge is 2.32. The maximum absolute atomic E-state index is 12.4. The minimum atomic E-state index is -4.78. The van der Waals surface area contributed by atoms with Gasteiger partial charge in [0.1, 0.15) is 5.75 Å². The van der Waals surface area contributed by atoms with Crippen molar-refractivity contribution in [2.75, 3.05) is 45.6 Å². The van der Waals surface area contributed by atoms with Crippen LogP contribution in [0, 0.1) is 0 Å². The molecule has 0 spiro atoms. The summed E-state index contributed by atoms with van der Waals surface area (Å²) in [5.41, 5.74) is 0.334. The Labute approximate surface area is 162 Å². The highest BCUT2D eigenvalue weighted by atomic mass is 32.2. The molecule has 2 rings (SSSR count). The van der Waals surface area contributed by atoms with Crippen LogP contribution in [-0.2, 0) is 15.0 Å². The Morgan fingerprint density at radius 2 is 1.68 bits per heavy atom. The first-order valence-electron chi connectivity index (χ1n) is 8.48. The molecule has 1 aliphatic rings. The molecule has 1 fully saturated rings. The lowest BCUT2D eigenvalue weighted by Crippen LogP contribution is -2.55. The Morgan fingerprint density at radius 1 is 1.14 bits per heavy atom. The molecule has 0 saturated carbocycles. The summed E-state index contributed by atoms with van der Waals surface area (Å²) >= 11 is 0. The number of amides is 1. The normalized spacial score (nSPS) is 18.1. The van der Waals surface area contributed by atoms with Gasteiger partial charge in [-0.25, -0.2) is 0 Å². The summed E-state index contributed by atoms with van der Waals surface area (Å²) in [6, 6.07) is 4.31. The smallest absolute Gasteiger partial charge is 0.406 e. The van der Waals surface area contributed by atoms with Gasteiger partial charge in [0.2, 0.25) is 5.91 Å². The van der Waals surface area contributed by atoms with Crippen LogP contribution in [0.4, 0.5) is 18.9 Å². The van der Waals surface area contributed by atoms with E-state index in [0.717, 1.165) is 16.4 Å². The summed E-state index contributed by atoms with van der Waals surface area (Å²) < 4.78 is 67.0. The van der Waals surface area contributed by atoms with Gasteiger partial charge in [-0.1, -0.05) is 0 Å². The van der Waals surface area contributed by atoms with Crippen molar-refractivity contribution < 1.29 is 31.1 Å². The van der Waals surface area contributed by atoms with Gasteiger partial charge in [-0.3, -0.25) is 9.69 Å². The molecule has 1 saturated heterocycles. The Balaban J connectivity index is 1.90. The van der Waals surface area contributed by atoms with Crippen LogP contribution in [0.2, 0.25) is 0 Å². The van der Waals surface area contributed by atoms with Crippen LogP contribution in [0.25, 0.3) is 0 Å². The number of piperazine rings is 1. The van der Waals surface area contributed by atoms with Crippen molar-refractivity contribution in [1.82, 2.24) is 13.5 Å². The topological polar surface area (TPSA) is 82.2 Å². The standard InChI is InChI=1S/C16H23F3N4O4S/c1-12(22-8-10-23(11-9-22)28(25,26)21(2)3)15(24)20-13-4-6-14(7-5-13)27-16(17,18)19/h4-7,12H,8-11H2,1-3H3,(H,20,24)/t12-/m0/s1. The molecule has 0 bridgehead atoms. The van der Waals surface area contributed by atoms with Gasteiger partial charge in [-0.05, 0) is 31.2 Å². The van der Waals surface area contributed by atoms with E-state index in [4.69, 9.17) is 0 Å². The van der Waals surface area contributed by atoms with Crippen molar-refractivity contribution in [1.29, 1.82) is 0 Å². The van der Waals surface area contributed by atoms with E-state index in [9.17, 15) is 26.4 Å². The molecule has 28 heavy (non-hydrogen) atoms. The van der Waals surface area contributed by atoms with E-state index in [1.807, 2.05) is 4.90 Å². The number of anilines is 1. The van der Waals surface area contributed by atoms with Crippen molar-refractivity contribution in [3.05, 3.63) is 24.3 Å². The number of carbonyl (C=O) groups is 1. The monoisotopic (exact) mass is 424 g/mol. The fourth-order valence-corrected chi connectivity index (χ4v) is 3.79. The second-order valence-corrected chi connectivity index (χ2v) is 8.60. The van der Waals surface area contributed by atoms with Gasteiger partial charge in [0.05, 0.1) is 6.04 Å². The minimum absolute atomic E-state index is 0.265. The lowest BCUT2D eigenvalue weighted by molar-refractivity contribution is -0.274. The zero-order valence-corrected chi connectivity index (χ0v) is 16.5. The second-order valence-electron chi connectivity index (χ2n) is 6.46. The molecule has 0 aromatic heterocycles. The van der Waals surface area contributed by atoms with Gasteiger partial charge in [0.25, 0.3) is 10.2 Å². The fourth-order valence-electron chi connectivity index (χ4n) is 2.70. The summed E-state index contributed by atoms with van der Waals surface area (Å²) in [5, 5.41) is 2.63. The first kappa shape index (κ1) is 22.4. The van der Waals surface area contributed by atoms with Crippen LogP contribution in [0.1, 0.15) is 6.92 Å². The first-order chi connectivity index (χ1) is 12.9. The molecule has 1 N–H and O–H groups in total. The van der Waals surface area contributed by atoms with Crippen molar-refractivity contribution in [3.63, 3.8) is 0 Å². The number of nitrogens with one attached hydrogen (secondary N) is 1. The van der Waals surface area contributed by atoms with E-state index in [0.29, 0.717) is 18.8 Å². The lowest BCUT2D eigenvalue weighted by atomic mass is 10.2. The molecule has 1 aromatic rings. The van der Waals surface area contributed by atoms with Crippen LogP contribution >= 0.6 is 0 Å². The number of halogens is 3. The number of hydrogen-bond donors (Lipinski definition) is 1. The molecule has 12 heteroatoms. The Hall–Kier alpha value is -1.89. The maximum Gasteiger partial charge on any atom is 0.573 e. The third-order valence-electron chi connectivity index (χ3n) is 4.34. The molecule has 0 radical (unpaired) electrons. The fraction of sp³-hybridized carbons (Fsp3) is 0.562. The zero-order valence-electron chi connectivity index (χ0n) is 15.7. The third kappa shape index (κ3) is 5.80. The lowest BCUT2D eigenvalue weighted by Gasteiger charge is -2.37. The summed E-state index contributed by atoms with van der Waals surface area (Å²) in [6.45, 7) is 3.00. The van der Waals surface area contributed by atoms with Crippen molar-refractivity contribution >= 4 is 21.8 Å². The maximum atomic E-state index is 12.4. The van der Waals surface area contributed by atoms with Crippen LogP contribution in [0.3, 0.4) is 0 Å². The predicted molar refractivity (Wildman–Crippen MR) is 97.0 cm³/mol. The third-order valence-corrected chi connectivity index (χ3v) is 6.28. The molecular formula is C16H23F3N4O4S. The molecule has 1 aliphatic heterocycles. The summed E-state index contributed by atoms with van der Waals surface area (Å²) in [5.74, 6) is -0.717. The van der Waals surface area contributed by atoms with Crippen molar-refractivity contribution in [2.24, 2.45) is 0 Å². The highest BCUT2D eigenvalue weighted by molar-refractivity contribution is 7.86. The average Bonchev–Trinajstić information content (AvgIpc) is 2.61. The number of benzene rings is 1. The van der Waals surface area contributed by atoms with Gasteiger partial charge >= 0.3 is 6.36 Å². The number of nitrogens with zero attached hydrogens (tertiary/aromatic N) is 3. The number of alkyl halides is 3. The van der Waals surface area contributed by atoms with Gasteiger partial charge in [0.15, 0.2) is 0 Å². The van der Waals surface area contributed by atoms with Crippen LogP contribution in [0.15, 0.2) is 24.3 Å². The number of ether oxygens (including phenoxy) is 1. The Morgan fingerprint density at radius 3 is 2.14 bits per heavy atom. The molecule has 1 aromatic carbocycles. The molecule has 1 atom stereocenters. The molecular weight excluding hydrogens is 401 g/mol. The van der Waals surface area contributed by atoms with E-state index in [2.05, 4.69) is 10.1 Å². The molecule has 158 valence electrons. The van der Waals surface area contributed by atoms with E-state index in [1.54, 1.807) is 6.92 Å². The van der Waals surface area contributed by atoms with Gasteiger partial charge in [-0.15, -0.1) is 13.2 Å². The van der Waals surface area contributed by atoms with Gasteiger partial charge in [0, 0.05) is 46.0 Å². The number of carbonyl (C=O) groups excluding carboxylic acids is 1. The summed E-state index contributed by atoms with van der Waals surface area (Å²) in [4.78, 5) is 14.3. The molecule has 1 heterocycles. The molecule has 0 aliphatic carbocycles. The zero-order chi connectivity index (χ0) is 21.1. The van der Waals surface area contributed by atoms with Crippen molar-refractivity contribution in [2.45, 2.75) is 19.3 Å². The second kappa shape index (κ2) is 8.64. The SMILES string of the molecule is C[C@@H](C(=O)Nc1ccc(OC(F)(F)F)cc1)N1CCN(S(=O)(=O)N(C)C)CC1. The van der Waals surface area contributed by atoms with E-state index in [1.165, 1.54) is 30.5 Å². The highest BCUT2D eigenvalue weighted by Crippen LogP contribution is 2.24. The number of hydrogen-bond acceptors (Lipinski definition) is 5. The van der Waals surface area contributed by atoms with Crippen LogP contribution in [0.5, 0.6) is 5.75 Å². The minimum Gasteiger partial charge on any atom is -0.406 e. The summed E-state index contributed by atoms with van der Waals surface area (Å²) in [7, 11) is -0.565. The first-order valence-corrected chi connectivity index (χ1v) is 9.88. The summed E-state index contributed by atoms with van der Waals surface area (Å²) in [6.07, 6.45) is -4.78. The van der Waals surface area contributed by atoms with Crippen LogP contribution in [-0.4, -0.2) is 80.5 Å². The van der Waals surface area contributed by atoms with Crippen molar-refractivity contribution in [3.8, 4) is 5.75 Å². The van der Waals surface area contributed by atoms with E-state index >= 15 is 0 Å². The quantitative estimate of drug-likeness (QED) is 0.745. The number of rotatable bonds is 6. The molecule has 0 unspecified atom stereocenters. The van der Waals surface area contributed by atoms with Gasteiger partial charge < -0.3 is 10.1 Å². The molecule has 1 amide bonds. The molecule has 8 nitrogen and oxygen atoms in total. The largest absolute Gasteiger partial charge is 0.573 e. The predicted octanol–water partition coefficient (Wildman–Crippen LogP) is 1.34. The van der Waals surface area contributed by atoms with Gasteiger partial charge in [-0.2, -0.15) is 17.0 Å².